The molecule has 1 heterocycles. The maximum Gasteiger partial charge on any atom is 0.253 e. The minimum absolute atomic E-state index is 0.0345. The SMILES string of the molecule is CC(C)c1cncc(C(=O)NC2CC(CCNC(=O)[C@H]3CC3(C)C)C2)c1. The molecular weight excluding hydrogens is 326 g/mol. The third-order valence-corrected chi connectivity index (χ3v) is 5.94. The summed E-state index contributed by atoms with van der Waals surface area (Å²) in [6.45, 7) is 9.22. The maximum atomic E-state index is 12.4. The van der Waals surface area contributed by atoms with Crippen molar-refractivity contribution in [3.8, 4) is 0 Å². The zero-order valence-corrected chi connectivity index (χ0v) is 16.3. The van der Waals surface area contributed by atoms with Gasteiger partial charge in [-0.3, -0.25) is 14.6 Å². The van der Waals surface area contributed by atoms with Crippen molar-refractivity contribution in [2.24, 2.45) is 17.3 Å². The van der Waals surface area contributed by atoms with Gasteiger partial charge in [-0.1, -0.05) is 27.7 Å². The van der Waals surface area contributed by atoms with Crippen molar-refractivity contribution in [1.82, 2.24) is 15.6 Å². The van der Waals surface area contributed by atoms with Crippen LogP contribution in [0.3, 0.4) is 0 Å². The number of amides is 2. The largest absolute Gasteiger partial charge is 0.356 e. The van der Waals surface area contributed by atoms with E-state index in [-0.39, 0.29) is 29.2 Å². The van der Waals surface area contributed by atoms with Crippen molar-refractivity contribution < 1.29 is 9.59 Å². The predicted molar refractivity (Wildman–Crippen MR) is 102 cm³/mol. The molecule has 5 heteroatoms. The fraction of sp³-hybridized carbons (Fsp3) is 0.667. The van der Waals surface area contributed by atoms with Crippen LogP contribution in [0.25, 0.3) is 0 Å². The van der Waals surface area contributed by atoms with Gasteiger partial charge in [-0.2, -0.15) is 0 Å². The van der Waals surface area contributed by atoms with E-state index in [1.54, 1.807) is 6.20 Å². The van der Waals surface area contributed by atoms with Gasteiger partial charge in [0.15, 0.2) is 0 Å². The predicted octanol–water partition coefficient (Wildman–Crippen LogP) is 3.27. The van der Waals surface area contributed by atoms with Crippen LogP contribution in [-0.4, -0.2) is 29.4 Å². The first-order valence-electron chi connectivity index (χ1n) is 9.80. The Morgan fingerprint density at radius 2 is 1.96 bits per heavy atom. The van der Waals surface area contributed by atoms with Gasteiger partial charge in [-0.05, 0) is 54.6 Å². The minimum Gasteiger partial charge on any atom is -0.356 e. The summed E-state index contributed by atoms with van der Waals surface area (Å²) in [6.07, 6.45) is 7.44. The summed E-state index contributed by atoms with van der Waals surface area (Å²) in [5, 5.41) is 6.16. The second-order valence-electron chi connectivity index (χ2n) is 8.99. The molecule has 26 heavy (non-hydrogen) atoms. The molecule has 0 radical (unpaired) electrons. The van der Waals surface area contributed by atoms with Crippen molar-refractivity contribution in [3.63, 3.8) is 0 Å². The van der Waals surface area contributed by atoms with Gasteiger partial charge in [-0.25, -0.2) is 0 Å². The zero-order valence-electron chi connectivity index (χ0n) is 16.3. The van der Waals surface area contributed by atoms with Crippen LogP contribution < -0.4 is 10.6 Å². The average Bonchev–Trinajstić information content (AvgIpc) is 3.20. The fourth-order valence-corrected chi connectivity index (χ4v) is 3.69. The molecule has 1 atom stereocenters. The molecule has 2 saturated carbocycles. The van der Waals surface area contributed by atoms with Gasteiger partial charge in [0.05, 0.1) is 5.56 Å². The van der Waals surface area contributed by atoms with Gasteiger partial charge in [-0.15, -0.1) is 0 Å². The van der Waals surface area contributed by atoms with Crippen molar-refractivity contribution in [2.45, 2.75) is 65.3 Å². The van der Waals surface area contributed by atoms with Gasteiger partial charge in [0, 0.05) is 30.9 Å². The van der Waals surface area contributed by atoms with Gasteiger partial charge >= 0.3 is 0 Å². The van der Waals surface area contributed by atoms with Crippen LogP contribution in [0.2, 0.25) is 0 Å². The standard InChI is InChI=1S/C21H31N3O2/c1-13(2)15-9-16(12-22-11-15)19(25)24-17-7-14(8-17)5-6-23-20(26)18-10-21(18,3)4/h9,11-14,17-18H,5-8,10H2,1-4H3,(H,23,26)(H,24,25)/t14?,17?,18-/m1/s1. The van der Waals surface area contributed by atoms with Crippen molar-refractivity contribution in [2.75, 3.05) is 6.54 Å². The van der Waals surface area contributed by atoms with E-state index < -0.39 is 0 Å². The lowest BCUT2D eigenvalue weighted by Gasteiger charge is -2.36. The third kappa shape index (κ3) is 4.43. The fourth-order valence-electron chi connectivity index (χ4n) is 3.69. The number of rotatable bonds is 7. The molecule has 2 amide bonds. The van der Waals surface area contributed by atoms with Gasteiger partial charge < -0.3 is 10.6 Å². The summed E-state index contributed by atoms with van der Waals surface area (Å²) in [4.78, 5) is 28.5. The Labute approximate surface area is 156 Å². The van der Waals surface area contributed by atoms with Crippen LogP contribution in [0, 0.1) is 17.3 Å². The topological polar surface area (TPSA) is 71.1 Å². The summed E-state index contributed by atoms with van der Waals surface area (Å²) in [7, 11) is 0. The molecule has 0 spiro atoms. The lowest BCUT2D eigenvalue weighted by molar-refractivity contribution is -0.123. The summed E-state index contributed by atoms with van der Waals surface area (Å²) >= 11 is 0. The Morgan fingerprint density at radius 1 is 1.27 bits per heavy atom. The maximum absolute atomic E-state index is 12.4. The first kappa shape index (κ1) is 18.9. The van der Waals surface area contributed by atoms with Crippen LogP contribution in [0.5, 0.6) is 0 Å². The first-order valence-corrected chi connectivity index (χ1v) is 9.80. The normalized spacial score (nSPS) is 26.1. The molecule has 0 unspecified atom stereocenters. The second-order valence-corrected chi connectivity index (χ2v) is 8.99. The van der Waals surface area contributed by atoms with E-state index in [2.05, 4.69) is 43.3 Å². The minimum atomic E-state index is -0.0345. The molecule has 0 aliphatic heterocycles. The lowest BCUT2D eigenvalue weighted by Crippen LogP contribution is -2.45. The van der Waals surface area contributed by atoms with Crippen LogP contribution >= 0.6 is 0 Å². The first-order chi connectivity index (χ1) is 12.3. The quantitative estimate of drug-likeness (QED) is 0.787. The Hall–Kier alpha value is -1.91. The zero-order chi connectivity index (χ0) is 18.9. The molecule has 142 valence electrons. The molecule has 2 aliphatic carbocycles. The van der Waals surface area contributed by atoms with E-state index >= 15 is 0 Å². The average molecular weight is 357 g/mol. The summed E-state index contributed by atoms with van der Waals surface area (Å²) < 4.78 is 0. The van der Waals surface area contributed by atoms with E-state index in [0.29, 0.717) is 17.4 Å². The molecule has 2 fully saturated rings. The van der Waals surface area contributed by atoms with Crippen LogP contribution in [-0.2, 0) is 4.79 Å². The summed E-state index contributed by atoms with van der Waals surface area (Å²) in [6, 6.07) is 2.17. The molecule has 1 aromatic heterocycles. The van der Waals surface area contributed by atoms with E-state index in [9.17, 15) is 9.59 Å². The highest BCUT2D eigenvalue weighted by atomic mass is 16.2. The Bertz CT molecular complexity index is 678. The molecule has 5 nitrogen and oxygen atoms in total. The highest BCUT2D eigenvalue weighted by molar-refractivity contribution is 5.94. The third-order valence-electron chi connectivity index (χ3n) is 5.94. The molecule has 0 aromatic carbocycles. The molecule has 0 saturated heterocycles. The molecule has 2 aliphatic rings. The molecule has 1 aromatic rings. The Kier molecular flexibility index (Phi) is 5.35. The number of aromatic nitrogens is 1. The lowest BCUT2D eigenvalue weighted by atomic mass is 9.78. The molecule has 0 bridgehead atoms. The van der Waals surface area contributed by atoms with Gasteiger partial charge in [0.1, 0.15) is 0 Å². The van der Waals surface area contributed by atoms with Gasteiger partial charge in [0.25, 0.3) is 5.91 Å². The van der Waals surface area contributed by atoms with Crippen LogP contribution in [0.4, 0.5) is 0 Å². The van der Waals surface area contributed by atoms with Crippen LogP contribution in [0.1, 0.15) is 75.2 Å². The van der Waals surface area contributed by atoms with E-state index in [1.165, 1.54) is 0 Å². The number of nitrogens with one attached hydrogen (secondary N) is 2. The van der Waals surface area contributed by atoms with E-state index in [0.717, 1.165) is 37.8 Å². The number of carbonyl (C=O) groups is 2. The van der Waals surface area contributed by atoms with E-state index in [4.69, 9.17) is 0 Å². The molecule has 2 N–H and O–H groups in total. The van der Waals surface area contributed by atoms with Crippen molar-refractivity contribution in [1.29, 1.82) is 0 Å². The Morgan fingerprint density at radius 3 is 2.58 bits per heavy atom. The molecular formula is C21H31N3O2. The number of nitrogens with zero attached hydrogens (tertiary/aromatic N) is 1. The number of hydrogen-bond donors (Lipinski definition) is 2. The number of carbonyl (C=O) groups excluding carboxylic acids is 2. The van der Waals surface area contributed by atoms with Crippen LogP contribution in [0.15, 0.2) is 18.5 Å². The highest BCUT2D eigenvalue weighted by Crippen LogP contribution is 2.51. The smallest absolute Gasteiger partial charge is 0.253 e. The summed E-state index contributed by atoms with van der Waals surface area (Å²) in [5.74, 6) is 1.32. The number of pyridine rings is 1. The Balaban J connectivity index is 1.34. The summed E-state index contributed by atoms with van der Waals surface area (Å²) in [5.41, 5.74) is 1.91. The number of hydrogen-bond acceptors (Lipinski definition) is 3. The second kappa shape index (κ2) is 7.37. The van der Waals surface area contributed by atoms with E-state index in [1.807, 2.05) is 12.3 Å². The van der Waals surface area contributed by atoms with Crippen molar-refractivity contribution in [3.05, 3.63) is 29.6 Å². The van der Waals surface area contributed by atoms with Crippen molar-refractivity contribution >= 4 is 11.8 Å². The van der Waals surface area contributed by atoms with Gasteiger partial charge in [0.2, 0.25) is 5.91 Å². The highest BCUT2D eigenvalue weighted by Gasteiger charge is 2.50. The molecule has 3 rings (SSSR count). The monoisotopic (exact) mass is 357 g/mol.